The summed E-state index contributed by atoms with van der Waals surface area (Å²) in [4.78, 5) is 2.43. The molecule has 0 radical (unpaired) electrons. The van der Waals surface area contributed by atoms with Gasteiger partial charge in [0.25, 0.3) is 0 Å². The molecule has 0 aromatic heterocycles. The number of nitrogens with one attached hydrogen (secondary N) is 3. The average Bonchev–Trinajstić information content (AvgIpc) is 2.98. The smallest absolute Gasteiger partial charge is 0.0668 e. The molecular formula is C18H30N4O. The highest BCUT2D eigenvalue weighted by molar-refractivity contribution is 5.87. The number of anilines is 2. The van der Waals surface area contributed by atoms with Gasteiger partial charge in [-0.05, 0) is 43.7 Å². The molecule has 1 aliphatic rings. The highest BCUT2D eigenvalue weighted by Crippen LogP contribution is 2.33. The standard InChI is InChI=1S/C16H25N3O.C2H5N/c1-4-12-7-8-19(16(12)11-20-3)14-5-6-15(18-2)13(9-14)10-17;1-2-3/h5-6,9-10,12,16-18H,4,7-8,11H2,1-3H3;2-3H,1H3. The molecule has 5 heteroatoms. The maximum Gasteiger partial charge on any atom is 0.0668 e. The highest BCUT2D eigenvalue weighted by atomic mass is 16.5. The predicted octanol–water partition coefficient (Wildman–Crippen LogP) is 3.63. The Morgan fingerprint density at radius 3 is 2.61 bits per heavy atom. The lowest BCUT2D eigenvalue weighted by atomic mass is 9.98. The number of nitrogens with zero attached hydrogens (tertiary/aromatic N) is 1. The summed E-state index contributed by atoms with van der Waals surface area (Å²) in [6, 6.07) is 6.74. The van der Waals surface area contributed by atoms with Gasteiger partial charge in [-0.1, -0.05) is 13.3 Å². The minimum Gasteiger partial charge on any atom is -0.388 e. The van der Waals surface area contributed by atoms with Crippen molar-refractivity contribution in [2.24, 2.45) is 5.92 Å². The third-order valence-electron chi connectivity index (χ3n) is 4.34. The van der Waals surface area contributed by atoms with Crippen LogP contribution in [0.25, 0.3) is 0 Å². The van der Waals surface area contributed by atoms with Gasteiger partial charge in [-0.3, -0.25) is 0 Å². The van der Waals surface area contributed by atoms with E-state index in [-0.39, 0.29) is 0 Å². The van der Waals surface area contributed by atoms with Crippen LogP contribution in [0, 0.1) is 16.7 Å². The van der Waals surface area contributed by atoms with Gasteiger partial charge in [-0.2, -0.15) is 0 Å². The summed E-state index contributed by atoms with van der Waals surface area (Å²) in [7, 11) is 3.66. The van der Waals surface area contributed by atoms with Gasteiger partial charge in [0.1, 0.15) is 0 Å². The summed E-state index contributed by atoms with van der Waals surface area (Å²) >= 11 is 0. The van der Waals surface area contributed by atoms with Crippen molar-refractivity contribution in [2.75, 3.05) is 37.5 Å². The lowest BCUT2D eigenvalue weighted by molar-refractivity contribution is 0.164. The van der Waals surface area contributed by atoms with Crippen LogP contribution in [0.1, 0.15) is 32.3 Å². The van der Waals surface area contributed by atoms with Crippen molar-refractivity contribution < 1.29 is 4.74 Å². The van der Waals surface area contributed by atoms with E-state index in [1.807, 2.05) is 7.05 Å². The maximum atomic E-state index is 7.55. The average molecular weight is 318 g/mol. The molecule has 0 bridgehead atoms. The summed E-state index contributed by atoms with van der Waals surface area (Å²) < 4.78 is 5.41. The van der Waals surface area contributed by atoms with E-state index < -0.39 is 0 Å². The first-order chi connectivity index (χ1) is 11.2. The van der Waals surface area contributed by atoms with Crippen LogP contribution in [0.3, 0.4) is 0 Å². The van der Waals surface area contributed by atoms with Gasteiger partial charge in [0, 0.05) is 43.9 Å². The first kappa shape index (κ1) is 19.2. The van der Waals surface area contributed by atoms with E-state index in [0.717, 1.165) is 24.4 Å². The van der Waals surface area contributed by atoms with E-state index in [4.69, 9.17) is 15.6 Å². The molecule has 0 saturated carbocycles. The van der Waals surface area contributed by atoms with Crippen LogP contribution >= 0.6 is 0 Å². The molecule has 1 saturated heterocycles. The number of benzene rings is 1. The lowest BCUT2D eigenvalue weighted by Gasteiger charge is -2.29. The largest absolute Gasteiger partial charge is 0.388 e. The van der Waals surface area contributed by atoms with Crippen LogP contribution in [0.4, 0.5) is 11.4 Å². The van der Waals surface area contributed by atoms with Crippen molar-refractivity contribution in [3.05, 3.63) is 23.8 Å². The Labute approximate surface area is 140 Å². The van der Waals surface area contributed by atoms with Crippen molar-refractivity contribution in [3.63, 3.8) is 0 Å². The maximum absolute atomic E-state index is 7.55. The fraction of sp³-hybridized carbons (Fsp3) is 0.556. The summed E-state index contributed by atoms with van der Waals surface area (Å²) in [6.45, 7) is 5.76. The van der Waals surface area contributed by atoms with E-state index in [0.29, 0.717) is 12.0 Å². The second-order valence-electron chi connectivity index (χ2n) is 5.63. The van der Waals surface area contributed by atoms with E-state index in [9.17, 15) is 0 Å². The van der Waals surface area contributed by atoms with Crippen molar-refractivity contribution >= 4 is 23.8 Å². The van der Waals surface area contributed by atoms with Crippen LogP contribution in [0.15, 0.2) is 18.2 Å². The van der Waals surface area contributed by atoms with Crippen molar-refractivity contribution in [3.8, 4) is 0 Å². The molecule has 5 nitrogen and oxygen atoms in total. The van der Waals surface area contributed by atoms with Crippen molar-refractivity contribution in [1.29, 1.82) is 10.8 Å². The second-order valence-corrected chi connectivity index (χ2v) is 5.63. The van der Waals surface area contributed by atoms with Gasteiger partial charge in [0.2, 0.25) is 0 Å². The van der Waals surface area contributed by atoms with Gasteiger partial charge in [-0.15, -0.1) is 0 Å². The Balaban J connectivity index is 0.000000816. The Hall–Kier alpha value is -1.88. The Morgan fingerprint density at radius 1 is 1.39 bits per heavy atom. The molecule has 128 valence electrons. The summed E-state index contributed by atoms with van der Waals surface area (Å²) in [5.74, 6) is 0.697. The predicted molar refractivity (Wildman–Crippen MR) is 99.7 cm³/mol. The first-order valence-electron chi connectivity index (χ1n) is 8.19. The summed E-state index contributed by atoms with van der Waals surface area (Å²) in [5.41, 5.74) is 3.12. The molecule has 0 aliphatic carbocycles. The quantitative estimate of drug-likeness (QED) is 0.701. The second kappa shape index (κ2) is 10.0. The van der Waals surface area contributed by atoms with Crippen LogP contribution in [-0.2, 0) is 4.74 Å². The molecule has 0 amide bonds. The molecule has 3 N–H and O–H groups in total. The molecule has 0 spiro atoms. The Morgan fingerprint density at radius 2 is 2.09 bits per heavy atom. The van der Waals surface area contributed by atoms with Gasteiger partial charge >= 0.3 is 0 Å². The molecule has 2 unspecified atom stereocenters. The SMILES string of the molecule is CC=N.CCC1CCN(c2ccc(NC)c(C=N)c2)C1COC. The van der Waals surface area contributed by atoms with E-state index in [1.165, 1.54) is 31.0 Å². The van der Waals surface area contributed by atoms with E-state index in [2.05, 4.69) is 35.3 Å². The number of hydrogen-bond donors (Lipinski definition) is 3. The molecule has 2 rings (SSSR count). The monoisotopic (exact) mass is 318 g/mol. The van der Waals surface area contributed by atoms with Crippen LogP contribution in [0.2, 0.25) is 0 Å². The molecule has 2 atom stereocenters. The third kappa shape index (κ3) is 4.79. The van der Waals surface area contributed by atoms with Gasteiger partial charge in [-0.25, -0.2) is 0 Å². The number of ether oxygens (including phenoxy) is 1. The summed E-state index contributed by atoms with van der Waals surface area (Å²) in [6.07, 6.45) is 5.07. The number of rotatable bonds is 6. The zero-order valence-corrected chi connectivity index (χ0v) is 14.7. The molecule has 1 aliphatic heterocycles. The van der Waals surface area contributed by atoms with Crippen molar-refractivity contribution in [2.45, 2.75) is 32.7 Å². The number of methoxy groups -OCH3 is 1. The molecule has 1 aromatic rings. The first-order valence-corrected chi connectivity index (χ1v) is 8.19. The molecule has 1 aromatic carbocycles. The van der Waals surface area contributed by atoms with E-state index in [1.54, 1.807) is 14.0 Å². The molecular weight excluding hydrogens is 288 g/mol. The molecule has 23 heavy (non-hydrogen) atoms. The van der Waals surface area contributed by atoms with Crippen LogP contribution in [0.5, 0.6) is 0 Å². The minimum absolute atomic E-state index is 0.448. The Kier molecular flexibility index (Phi) is 8.33. The Bertz CT molecular complexity index is 504. The third-order valence-corrected chi connectivity index (χ3v) is 4.34. The normalized spacial score (nSPS) is 19.7. The van der Waals surface area contributed by atoms with Gasteiger partial charge in [0.05, 0.1) is 12.6 Å². The summed E-state index contributed by atoms with van der Waals surface area (Å²) in [5, 5.41) is 16.8. The fourth-order valence-corrected chi connectivity index (χ4v) is 3.19. The van der Waals surface area contributed by atoms with Gasteiger partial charge < -0.3 is 25.8 Å². The zero-order chi connectivity index (χ0) is 17.2. The zero-order valence-electron chi connectivity index (χ0n) is 14.7. The van der Waals surface area contributed by atoms with Crippen molar-refractivity contribution in [1.82, 2.24) is 0 Å². The van der Waals surface area contributed by atoms with Crippen LogP contribution < -0.4 is 10.2 Å². The highest BCUT2D eigenvalue weighted by Gasteiger charge is 2.33. The minimum atomic E-state index is 0.448. The molecule has 1 heterocycles. The van der Waals surface area contributed by atoms with Crippen LogP contribution in [-0.4, -0.2) is 45.8 Å². The number of hydrogen-bond acceptors (Lipinski definition) is 5. The van der Waals surface area contributed by atoms with Gasteiger partial charge in [0.15, 0.2) is 0 Å². The topological polar surface area (TPSA) is 72.2 Å². The fourth-order valence-electron chi connectivity index (χ4n) is 3.19. The van der Waals surface area contributed by atoms with E-state index >= 15 is 0 Å². The lowest BCUT2D eigenvalue weighted by Crippen LogP contribution is -2.36. The molecule has 1 fully saturated rings.